The lowest BCUT2D eigenvalue weighted by atomic mass is 10.1. The van der Waals surface area contributed by atoms with Gasteiger partial charge < -0.3 is 15.0 Å². The number of hydrogen-bond acceptors (Lipinski definition) is 4. The molecule has 1 heterocycles. The molecule has 1 aliphatic rings. The van der Waals surface area contributed by atoms with Gasteiger partial charge in [-0.25, -0.2) is 0 Å². The molecule has 0 radical (unpaired) electrons. The highest BCUT2D eigenvalue weighted by Gasteiger charge is 2.22. The van der Waals surface area contributed by atoms with Gasteiger partial charge in [-0.1, -0.05) is 18.2 Å². The molecule has 0 aliphatic carbocycles. The van der Waals surface area contributed by atoms with Crippen molar-refractivity contribution in [3.8, 4) is 0 Å². The predicted octanol–water partition coefficient (Wildman–Crippen LogP) is 4.03. The summed E-state index contributed by atoms with van der Waals surface area (Å²) in [7, 11) is 0. The van der Waals surface area contributed by atoms with Gasteiger partial charge >= 0.3 is 0 Å². The average Bonchev–Trinajstić information content (AvgIpc) is 2.74. The molecule has 3 rings (SSSR count). The van der Waals surface area contributed by atoms with Crippen molar-refractivity contribution in [1.82, 2.24) is 9.80 Å². The third-order valence-corrected chi connectivity index (χ3v) is 5.54. The van der Waals surface area contributed by atoms with E-state index in [-0.39, 0.29) is 24.0 Å². The number of anilines is 1. The fourth-order valence-corrected chi connectivity index (χ4v) is 4.06. The van der Waals surface area contributed by atoms with Crippen LogP contribution in [0.25, 0.3) is 0 Å². The molecule has 31 heavy (non-hydrogen) atoms. The van der Waals surface area contributed by atoms with Crippen LogP contribution >= 0.6 is 0 Å². The van der Waals surface area contributed by atoms with E-state index in [0.717, 1.165) is 19.6 Å². The van der Waals surface area contributed by atoms with Crippen LogP contribution in [0.4, 0.5) is 5.69 Å². The minimum Gasteiger partial charge on any atom is -0.373 e. The Labute approximate surface area is 185 Å². The van der Waals surface area contributed by atoms with Crippen LogP contribution in [0, 0.1) is 0 Å². The van der Waals surface area contributed by atoms with Crippen molar-refractivity contribution in [1.29, 1.82) is 0 Å². The number of rotatable bonds is 7. The minimum atomic E-state index is -0.187. The smallest absolute Gasteiger partial charge is 0.255 e. The molecule has 0 saturated carbocycles. The molecule has 1 aliphatic heterocycles. The number of nitrogens with zero attached hydrogens (tertiary/aromatic N) is 2. The van der Waals surface area contributed by atoms with E-state index in [1.54, 1.807) is 29.2 Å². The summed E-state index contributed by atoms with van der Waals surface area (Å²) in [5.74, 6) is -0.218. The molecule has 2 amide bonds. The molecule has 1 fully saturated rings. The first-order valence-corrected chi connectivity index (χ1v) is 11.1. The van der Waals surface area contributed by atoms with Gasteiger partial charge in [0, 0.05) is 49.5 Å². The zero-order valence-corrected chi connectivity index (χ0v) is 18.9. The van der Waals surface area contributed by atoms with Crippen molar-refractivity contribution < 1.29 is 14.3 Å². The molecule has 0 bridgehead atoms. The van der Waals surface area contributed by atoms with E-state index in [0.29, 0.717) is 29.9 Å². The first-order chi connectivity index (χ1) is 14.9. The summed E-state index contributed by atoms with van der Waals surface area (Å²) in [4.78, 5) is 29.4. The zero-order valence-electron chi connectivity index (χ0n) is 18.9. The van der Waals surface area contributed by atoms with Gasteiger partial charge in [0.25, 0.3) is 11.8 Å². The van der Waals surface area contributed by atoms with E-state index in [1.807, 2.05) is 38.1 Å². The lowest BCUT2D eigenvalue weighted by Crippen LogP contribution is -2.44. The minimum absolute atomic E-state index is 0.0304. The quantitative estimate of drug-likeness (QED) is 0.730. The number of carbonyl (C=O) groups excluding carboxylic acids is 2. The number of ether oxygens (including phenoxy) is 1. The maximum absolute atomic E-state index is 12.7. The summed E-state index contributed by atoms with van der Waals surface area (Å²) in [5.41, 5.74) is 2.95. The highest BCUT2D eigenvalue weighted by molar-refractivity contribution is 6.05. The number of benzene rings is 2. The summed E-state index contributed by atoms with van der Waals surface area (Å²) in [6, 6.07) is 14.8. The highest BCUT2D eigenvalue weighted by Crippen LogP contribution is 2.17. The summed E-state index contributed by atoms with van der Waals surface area (Å²) in [5, 5.41) is 2.90. The van der Waals surface area contributed by atoms with Crippen LogP contribution in [-0.2, 0) is 11.3 Å². The molecular formula is C25H33N3O3. The molecule has 1 N–H and O–H groups in total. The molecule has 0 spiro atoms. The number of morpholine rings is 1. The van der Waals surface area contributed by atoms with Crippen LogP contribution in [0.15, 0.2) is 48.5 Å². The Hall–Kier alpha value is -2.70. The Morgan fingerprint density at radius 2 is 1.65 bits per heavy atom. The van der Waals surface area contributed by atoms with Crippen LogP contribution in [0.5, 0.6) is 0 Å². The fraction of sp³-hybridized carbons (Fsp3) is 0.440. The highest BCUT2D eigenvalue weighted by atomic mass is 16.5. The van der Waals surface area contributed by atoms with E-state index in [2.05, 4.69) is 24.1 Å². The summed E-state index contributed by atoms with van der Waals surface area (Å²) >= 11 is 0. The molecule has 2 atom stereocenters. The number of amides is 2. The van der Waals surface area contributed by atoms with Crippen molar-refractivity contribution in [2.24, 2.45) is 0 Å². The van der Waals surface area contributed by atoms with Crippen molar-refractivity contribution in [3.63, 3.8) is 0 Å². The summed E-state index contributed by atoms with van der Waals surface area (Å²) in [6.45, 7) is 12.1. The van der Waals surface area contributed by atoms with Gasteiger partial charge in [-0.3, -0.25) is 14.5 Å². The monoisotopic (exact) mass is 423 g/mol. The number of nitrogens with one attached hydrogen (secondary N) is 1. The number of hydrogen-bond donors (Lipinski definition) is 1. The van der Waals surface area contributed by atoms with Gasteiger partial charge in [0.2, 0.25) is 0 Å². The standard InChI is InChI=1S/C25H33N3O3/c1-5-28(6-2)25(30)22-8-7-9-23(14-22)26-24(29)21-12-10-20(11-13-21)17-27-15-18(3)31-19(4)16-27/h7-14,18-19H,5-6,15-17H2,1-4H3,(H,26,29). The first-order valence-electron chi connectivity index (χ1n) is 11.1. The number of carbonyl (C=O) groups is 2. The molecule has 2 aromatic carbocycles. The topological polar surface area (TPSA) is 61.9 Å². The lowest BCUT2D eigenvalue weighted by molar-refractivity contribution is -0.0704. The van der Waals surface area contributed by atoms with Gasteiger partial charge in [-0.05, 0) is 63.6 Å². The van der Waals surface area contributed by atoms with Crippen LogP contribution in [0.2, 0.25) is 0 Å². The van der Waals surface area contributed by atoms with Crippen molar-refractivity contribution >= 4 is 17.5 Å². The van der Waals surface area contributed by atoms with E-state index in [4.69, 9.17) is 4.74 Å². The second-order valence-electron chi connectivity index (χ2n) is 8.16. The van der Waals surface area contributed by atoms with Crippen LogP contribution in [-0.4, -0.2) is 60.0 Å². The summed E-state index contributed by atoms with van der Waals surface area (Å²) in [6.07, 6.45) is 0.469. The van der Waals surface area contributed by atoms with E-state index in [1.165, 1.54) is 5.56 Å². The Balaban J connectivity index is 1.62. The molecular weight excluding hydrogens is 390 g/mol. The zero-order chi connectivity index (χ0) is 22.4. The fourth-order valence-electron chi connectivity index (χ4n) is 4.06. The third kappa shape index (κ3) is 6.15. The van der Waals surface area contributed by atoms with Gasteiger partial charge in [-0.2, -0.15) is 0 Å². The van der Waals surface area contributed by atoms with Gasteiger partial charge in [0.05, 0.1) is 12.2 Å². The van der Waals surface area contributed by atoms with E-state index in [9.17, 15) is 9.59 Å². The largest absolute Gasteiger partial charge is 0.373 e. The van der Waals surface area contributed by atoms with Crippen molar-refractivity contribution in [2.75, 3.05) is 31.5 Å². The maximum atomic E-state index is 12.7. The van der Waals surface area contributed by atoms with E-state index >= 15 is 0 Å². The summed E-state index contributed by atoms with van der Waals surface area (Å²) < 4.78 is 5.79. The average molecular weight is 424 g/mol. The van der Waals surface area contributed by atoms with Gasteiger partial charge in [0.1, 0.15) is 0 Å². The molecule has 166 valence electrons. The molecule has 1 saturated heterocycles. The Morgan fingerprint density at radius 3 is 2.26 bits per heavy atom. The van der Waals surface area contributed by atoms with Crippen LogP contribution in [0.1, 0.15) is 54.0 Å². The van der Waals surface area contributed by atoms with Gasteiger partial charge in [0.15, 0.2) is 0 Å². The molecule has 2 aromatic rings. The Kier molecular flexibility index (Phi) is 7.82. The Bertz CT molecular complexity index is 883. The van der Waals surface area contributed by atoms with Crippen LogP contribution < -0.4 is 5.32 Å². The second kappa shape index (κ2) is 10.6. The van der Waals surface area contributed by atoms with Gasteiger partial charge in [-0.15, -0.1) is 0 Å². The normalized spacial score (nSPS) is 19.1. The van der Waals surface area contributed by atoms with Crippen molar-refractivity contribution in [3.05, 3.63) is 65.2 Å². The second-order valence-corrected chi connectivity index (χ2v) is 8.16. The molecule has 0 aromatic heterocycles. The molecule has 6 nitrogen and oxygen atoms in total. The lowest BCUT2D eigenvalue weighted by Gasteiger charge is -2.35. The SMILES string of the molecule is CCN(CC)C(=O)c1cccc(NC(=O)c2ccc(CN3CC(C)OC(C)C3)cc2)c1. The van der Waals surface area contributed by atoms with Crippen molar-refractivity contribution in [2.45, 2.75) is 46.4 Å². The molecule has 2 unspecified atom stereocenters. The third-order valence-electron chi connectivity index (χ3n) is 5.54. The maximum Gasteiger partial charge on any atom is 0.255 e. The molecule has 6 heteroatoms. The van der Waals surface area contributed by atoms with Crippen LogP contribution in [0.3, 0.4) is 0 Å². The first kappa shape index (κ1) is 23.0. The van der Waals surface area contributed by atoms with E-state index < -0.39 is 0 Å². The Morgan fingerprint density at radius 1 is 1.00 bits per heavy atom. The predicted molar refractivity (Wildman–Crippen MR) is 123 cm³/mol.